The van der Waals surface area contributed by atoms with Crippen LogP contribution in [0.2, 0.25) is 10.0 Å². The van der Waals surface area contributed by atoms with E-state index < -0.39 is 6.04 Å². The summed E-state index contributed by atoms with van der Waals surface area (Å²) in [6.45, 7) is 4.95. The van der Waals surface area contributed by atoms with E-state index in [4.69, 9.17) is 32.4 Å². The molecule has 0 aliphatic carbocycles. The molecule has 0 unspecified atom stereocenters. The van der Waals surface area contributed by atoms with E-state index in [-0.39, 0.29) is 18.0 Å². The Morgan fingerprint density at radius 3 is 2.39 bits per heavy atom. The first kappa shape index (κ1) is 25.9. The maximum absolute atomic E-state index is 12.3. The molecule has 2 N–H and O–H groups in total. The molecule has 10 heteroatoms. The SMILES string of the molecule is CC(=NCCCCN[C@H](C)[C@@H]1N=C(c2ccc(Cl)cc2)OC1=O)c1nc(-c2ccc(Cl)cc2)oc1O. The highest BCUT2D eigenvalue weighted by molar-refractivity contribution is 6.31. The molecular formula is C26H26Cl2N4O4. The standard InChI is InChI=1S/C26H26Cl2N4O4/c1-15(21-25(33)35-23(31-21)17-5-9-19(27)10-6-17)29-13-3-4-14-30-16(2)22-26(34)36-24(32-22)18-7-11-20(28)12-8-18/h5-12,15,21,29,34H,3-4,13-14H2,1-2H3/t15-,21+/m1/s1. The molecule has 188 valence electrons. The van der Waals surface area contributed by atoms with Crippen molar-refractivity contribution >= 4 is 40.8 Å². The molecular weight excluding hydrogens is 503 g/mol. The number of esters is 1. The lowest BCUT2D eigenvalue weighted by Gasteiger charge is -2.15. The Morgan fingerprint density at radius 1 is 1.08 bits per heavy atom. The van der Waals surface area contributed by atoms with Crippen LogP contribution in [0.25, 0.3) is 11.5 Å². The van der Waals surface area contributed by atoms with Crippen LogP contribution in [0, 0.1) is 0 Å². The quantitative estimate of drug-likeness (QED) is 0.210. The van der Waals surface area contributed by atoms with Crippen LogP contribution in [-0.4, -0.2) is 52.8 Å². The topological polar surface area (TPSA) is 109 Å². The second-order valence-electron chi connectivity index (χ2n) is 8.40. The highest BCUT2D eigenvalue weighted by atomic mass is 35.5. The molecule has 36 heavy (non-hydrogen) atoms. The number of carbonyl (C=O) groups excluding carboxylic acids is 1. The highest BCUT2D eigenvalue weighted by Crippen LogP contribution is 2.27. The van der Waals surface area contributed by atoms with Gasteiger partial charge in [0.2, 0.25) is 11.8 Å². The van der Waals surface area contributed by atoms with Crippen LogP contribution in [-0.2, 0) is 9.53 Å². The van der Waals surface area contributed by atoms with Gasteiger partial charge < -0.3 is 19.6 Å². The summed E-state index contributed by atoms with van der Waals surface area (Å²) in [4.78, 5) is 25.6. The third-order valence-corrected chi connectivity index (χ3v) is 6.21. The van der Waals surface area contributed by atoms with E-state index in [0.29, 0.717) is 57.5 Å². The van der Waals surface area contributed by atoms with Crippen molar-refractivity contribution in [3.05, 3.63) is 69.8 Å². The molecule has 1 aliphatic rings. The van der Waals surface area contributed by atoms with Gasteiger partial charge >= 0.3 is 11.9 Å². The lowest BCUT2D eigenvalue weighted by molar-refractivity contribution is -0.135. The first-order chi connectivity index (χ1) is 17.3. The average molecular weight is 529 g/mol. The maximum atomic E-state index is 12.3. The fourth-order valence-electron chi connectivity index (χ4n) is 3.67. The lowest BCUT2D eigenvalue weighted by atomic mass is 10.1. The van der Waals surface area contributed by atoms with Gasteiger partial charge in [0, 0.05) is 33.8 Å². The van der Waals surface area contributed by atoms with E-state index in [1.54, 1.807) is 55.5 Å². The summed E-state index contributed by atoms with van der Waals surface area (Å²) in [7, 11) is 0. The van der Waals surface area contributed by atoms with Gasteiger partial charge in [0.1, 0.15) is 0 Å². The van der Waals surface area contributed by atoms with Crippen LogP contribution in [0.4, 0.5) is 0 Å². The molecule has 2 aromatic carbocycles. The van der Waals surface area contributed by atoms with Gasteiger partial charge in [-0.15, -0.1) is 0 Å². The van der Waals surface area contributed by atoms with Gasteiger partial charge in [-0.1, -0.05) is 23.2 Å². The van der Waals surface area contributed by atoms with Gasteiger partial charge in [0.25, 0.3) is 0 Å². The molecule has 0 fully saturated rings. The Balaban J connectivity index is 1.23. The van der Waals surface area contributed by atoms with Crippen molar-refractivity contribution in [2.24, 2.45) is 9.98 Å². The number of unbranched alkanes of at least 4 members (excludes halogenated alkanes) is 1. The van der Waals surface area contributed by atoms with E-state index in [9.17, 15) is 9.90 Å². The van der Waals surface area contributed by atoms with Crippen molar-refractivity contribution in [1.29, 1.82) is 0 Å². The summed E-state index contributed by atoms with van der Waals surface area (Å²) < 4.78 is 10.7. The molecule has 8 nitrogen and oxygen atoms in total. The number of aromatic nitrogens is 1. The molecule has 1 aliphatic heterocycles. The van der Waals surface area contributed by atoms with Crippen LogP contribution in [0.5, 0.6) is 5.95 Å². The fraction of sp³-hybridized carbons (Fsp3) is 0.308. The number of hydrogen-bond acceptors (Lipinski definition) is 8. The minimum atomic E-state index is -0.596. The maximum Gasteiger partial charge on any atom is 0.339 e. The van der Waals surface area contributed by atoms with Crippen LogP contribution < -0.4 is 5.32 Å². The molecule has 0 bridgehead atoms. The zero-order valence-electron chi connectivity index (χ0n) is 19.9. The Bertz CT molecular complexity index is 1270. The summed E-state index contributed by atoms with van der Waals surface area (Å²) in [5.41, 5.74) is 2.34. The number of ether oxygens (including phenoxy) is 1. The summed E-state index contributed by atoms with van der Waals surface area (Å²) in [6.07, 6.45) is 1.66. The molecule has 2 heterocycles. The van der Waals surface area contributed by atoms with E-state index in [1.807, 2.05) is 6.92 Å². The minimum Gasteiger partial charge on any atom is -0.479 e. The number of carbonyl (C=O) groups is 1. The second kappa shape index (κ2) is 11.7. The van der Waals surface area contributed by atoms with Gasteiger partial charge in [0.05, 0.1) is 5.71 Å². The van der Waals surface area contributed by atoms with Crippen LogP contribution in [0.1, 0.15) is 37.9 Å². The van der Waals surface area contributed by atoms with Gasteiger partial charge in [0.15, 0.2) is 11.7 Å². The van der Waals surface area contributed by atoms with E-state index in [0.717, 1.165) is 12.8 Å². The van der Waals surface area contributed by atoms with Crippen molar-refractivity contribution in [2.75, 3.05) is 13.1 Å². The third-order valence-electron chi connectivity index (χ3n) is 5.70. The number of benzene rings is 2. The molecule has 3 aromatic rings. The zero-order chi connectivity index (χ0) is 25.7. The molecule has 1 aromatic heterocycles. The molecule has 0 spiro atoms. The Morgan fingerprint density at radius 2 is 1.72 bits per heavy atom. The summed E-state index contributed by atoms with van der Waals surface area (Å²) >= 11 is 11.8. The number of aromatic hydroxyl groups is 1. The van der Waals surface area contributed by atoms with Crippen molar-refractivity contribution in [3.8, 4) is 17.4 Å². The number of nitrogens with one attached hydrogen (secondary N) is 1. The Hall–Kier alpha value is -3.20. The summed E-state index contributed by atoms with van der Waals surface area (Å²) in [6, 6.07) is 13.2. The van der Waals surface area contributed by atoms with E-state index >= 15 is 0 Å². The van der Waals surface area contributed by atoms with Gasteiger partial charge in [-0.05, 0) is 81.8 Å². The van der Waals surface area contributed by atoms with E-state index in [1.165, 1.54) is 0 Å². The van der Waals surface area contributed by atoms with Crippen LogP contribution in [0.3, 0.4) is 0 Å². The largest absolute Gasteiger partial charge is 0.479 e. The number of aliphatic imine (C=N–C) groups is 2. The van der Waals surface area contributed by atoms with Crippen molar-refractivity contribution in [3.63, 3.8) is 0 Å². The number of hydrogen-bond donors (Lipinski definition) is 2. The molecule has 0 saturated carbocycles. The predicted octanol–water partition coefficient (Wildman–Crippen LogP) is 5.29. The van der Waals surface area contributed by atoms with Crippen LogP contribution >= 0.6 is 23.2 Å². The Kier molecular flexibility index (Phi) is 8.40. The number of oxazole rings is 1. The first-order valence-corrected chi connectivity index (χ1v) is 12.3. The molecule has 4 rings (SSSR count). The van der Waals surface area contributed by atoms with Crippen LogP contribution in [0.15, 0.2) is 62.9 Å². The number of cyclic esters (lactones) is 1. The predicted molar refractivity (Wildman–Crippen MR) is 140 cm³/mol. The van der Waals surface area contributed by atoms with Gasteiger partial charge in [-0.25, -0.2) is 14.8 Å². The summed E-state index contributed by atoms with van der Waals surface area (Å²) in [5.74, 6) is -0.0149. The van der Waals surface area contributed by atoms with E-state index in [2.05, 4.69) is 20.3 Å². The Labute approximate surface area is 219 Å². The average Bonchev–Trinajstić information content (AvgIpc) is 3.44. The molecule has 0 radical (unpaired) electrons. The zero-order valence-corrected chi connectivity index (χ0v) is 21.4. The minimum absolute atomic E-state index is 0.175. The van der Waals surface area contributed by atoms with Crippen molar-refractivity contribution in [1.82, 2.24) is 10.3 Å². The monoisotopic (exact) mass is 528 g/mol. The molecule has 2 atom stereocenters. The number of rotatable bonds is 10. The highest BCUT2D eigenvalue weighted by Gasteiger charge is 2.33. The lowest BCUT2D eigenvalue weighted by Crippen LogP contribution is -2.40. The van der Waals surface area contributed by atoms with Gasteiger partial charge in [-0.3, -0.25) is 4.99 Å². The smallest absolute Gasteiger partial charge is 0.339 e. The molecule has 0 saturated heterocycles. The number of nitrogens with zero attached hydrogens (tertiary/aromatic N) is 3. The summed E-state index contributed by atoms with van der Waals surface area (Å²) in [5, 5.41) is 14.7. The third kappa shape index (κ3) is 6.32. The second-order valence-corrected chi connectivity index (χ2v) is 9.28. The first-order valence-electron chi connectivity index (χ1n) is 11.6. The fourth-order valence-corrected chi connectivity index (χ4v) is 3.92. The van der Waals surface area contributed by atoms with Crippen molar-refractivity contribution < 1.29 is 19.1 Å². The van der Waals surface area contributed by atoms with Gasteiger partial charge in [-0.2, -0.15) is 0 Å². The van der Waals surface area contributed by atoms with Crippen molar-refractivity contribution in [2.45, 2.75) is 38.8 Å². The number of halogens is 2. The normalized spacial score (nSPS) is 16.7. The molecule has 0 amide bonds.